The second-order valence-electron chi connectivity index (χ2n) is 4.60. The first-order valence-corrected chi connectivity index (χ1v) is 6.89. The molecule has 0 aliphatic rings. The molecule has 0 saturated heterocycles. The molecule has 1 heterocycles. The Morgan fingerprint density at radius 2 is 2.00 bits per heavy atom. The standard InChI is InChI=1S/C16H11FN6O/c17-12-5-7-13(8-6-12)24-15-4-2-1-3-14(15)19-10-11(9-18)16-20-22-23-21-16/h1-8,10,19H,(H,20,21,22,23). The number of H-pyrrole nitrogens is 1. The number of nitrogens with zero attached hydrogens (tertiary/aromatic N) is 4. The summed E-state index contributed by atoms with van der Waals surface area (Å²) >= 11 is 0. The molecule has 8 heteroatoms. The van der Waals surface area contributed by atoms with Crippen LogP contribution in [0.3, 0.4) is 0 Å². The summed E-state index contributed by atoms with van der Waals surface area (Å²) in [6, 6.07) is 14.8. The van der Waals surface area contributed by atoms with Gasteiger partial charge in [-0.25, -0.2) is 4.39 Å². The topological polar surface area (TPSA) is 99.5 Å². The van der Waals surface area contributed by atoms with E-state index in [0.29, 0.717) is 17.2 Å². The average molecular weight is 322 g/mol. The Bertz CT molecular complexity index is 884. The normalized spacial score (nSPS) is 10.9. The lowest BCUT2D eigenvalue weighted by Crippen LogP contribution is -1.95. The van der Waals surface area contributed by atoms with Crippen LogP contribution in [-0.4, -0.2) is 20.6 Å². The van der Waals surface area contributed by atoms with Crippen molar-refractivity contribution in [2.75, 3.05) is 5.32 Å². The fourth-order valence-corrected chi connectivity index (χ4v) is 1.88. The average Bonchev–Trinajstić information content (AvgIpc) is 3.13. The molecule has 3 aromatic rings. The Labute approximate surface area is 136 Å². The van der Waals surface area contributed by atoms with Gasteiger partial charge in [-0.05, 0) is 41.6 Å². The maximum atomic E-state index is 13.0. The number of hydrogen-bond acceptors (Lipinski definition) is 6. The predicted molar refractivity (Wildman–Crippen MR) is 84.3 cm³/mol. The van der Waals surface area contributed by atoms with Gasteiger partial charge in [0.2, 0.25) is 5.82 Å². The summed E-state index contributed by atoms with van der Waals surface area (Å²) in [4.78, 5) is 0. The molecule has 0 fully saturated rings. The van der Waals surface area contributed by atoms with Gasteiger partial charge in [0.05, 0.1) is 5.69 Å². The first-order chi connectivity index (χ1) is 11.8. The number of hydrogen-bond donors (Lipinski definition) is 2. The van der Waals surface area contributed by atoms with E-state index in [1.54, 1.807) is 18.2 Å². The summed E-state index contributed by atoms with van der Waals surface area (Å²) in [6.07, 6.45) is 1.46. The van der Waals surface area contributed by atoms with Crippen LogP contribution in [0.25, 0.3) is 5.57 Å². The lowest BCUT2D eigenvalue weighted by molar-refractivity contribution is 0.482. The minimum Gasteiger partial charge on any atom is -0.455 e. The minimum atomic E-state index is -0.338. The zero-order valence-electron chi connectivity index (χ0n) is 12.3. The molecule has 2 aromatic carbocycles. The quantitative estimate of drug-likeness (QED) is 0.700. The molecule has 0 amide bonds. The number of ether oxygens (including phenoxy) is 1. The fraction of sp³-hybridized carbons (Fsp3) is 0. The van der Waals surface area contributed by atoms with Crippen LogP contribution in [0.1, 0.15) is 5.82 Å². The van der Waals surface area contributed by atoms with Crippen LogP contribution in [0, 0.1) is 17.1 Å². The molecular weight excluding hydrogens is 311 g/mol. The minimum absolute atomic E-state index is 0.182. The molecule has 0 aliphatic heterocycles. The summed E-state index contributed by atoms with van der Waals surface area (Å²) < 4.78 is 18.7. The number of anilines is 1. The fourth-order valence-electron chi connectivity index (χ4n) is 1.88. The van der Waals surface area contributed by atoms with Crippen molar-refractivity contribution in [2.45, 2.75) is 0 Å². The molecule has 0 bridgehead atoms. The van der Waals surface area contributed by atoms with Crippen LogP contribution in [0.5, 0.6) is 11.5 Å². The van der Waals surface area contributed by atoms with Crippen molar-refractivity contribution in [1.82, 2.24) is 20.6 Å². The van der Waals surface area contributed by atoms with Crippen molar-refractivity contribution >= 4 is 11.3 Å². The summed E-state index contributed by atoms with van der Waals surface area (Å²) in [5.41, 5.74) is 0.832. The highest BCUT2D eigenvalue weighted by Gasteiger charge is 2.07. The molecule has 0 unspecified atom stereocenters. The Morgan fingerprint density at radius 1 is 1.21 bits per heavy atom. The monoisotopic (exact) mass is 322 g/mol. The van der Waals surface area contributed by atoms with Crippen molar-refractivity contribution in [1.29, 1.82) is 5.26 Å². The van der Waals surface area contributed by atoms with Gasteiger partial charge < -0.3 is 10.1 Å². The Morgan fingerprint density at radius 3 is 2.71 bits per heavy atom. The summed E-state index contributed by atoms with van der Waals surface area (Å²) in [6.45, 7) is 0. The number of halogens is 1. The number of allylic oxidation sites excluding steroid dienone is 1. The Hall–Kier alpha value is -3.73. The molecule has 24 heavy (non-hydrogen) atoms. The van der Waals surface area contributed by atoms with Crippen LogP contribution in [0.2, 0.25) is 0 Å². The summed E-state index contributed by atoms with van der Waals surface area (Å²) in [7, 11) is 0. The molecule has 7 nitrogen and oxygen atoms in total. The first-order valence-electron chi connectivity index (χ1n) is 6.89. The van der Waals surface area contributed by atoms with Gasteiger partial charge in [-0.1, -0.05) is 12.1 Å². The maximum Gasteiger partial charge on any atom is 0.216 e. The molecule has 0 spiro atoms. The number of aromatic nitrogens is 4. The number of para-hydroxylation sites is 2. The number of aromatic amines is 1. The van der Waals surface area contributed by atoms with E-state index in [1.165, 1.54) is 30.5 Å². The number of nitriles is 1. The van der Waals surface area contributed by atoms with E-state index < -0.39 is 0 Å². The Balaban J connectivity index is 1.82. The molecule has 0 saturated carbocycles. The van der Waals surface area contributed by atoms with Crippen LogP contribution in [-0.2, 0) is 0 Å². The SMILES string of the molecule is N#CC(=CNc1ccccc1Oc1ccc(F)cc1)c1nn[nH]n1. The molecule has 0 aliphatic carbocycles. The highest BCUT2D eigenvalue weighted by atomic mass is 19.1. The predicted octanol–water partition coefficient (Wildman–Crippen LogP) is 3.11. The zero-order valence-corrected chi connectivity index (χ0v) is 12.3. The van der Waals surface area contributed by atoms with Crippen LogP contribution in [0.15, 0.2) is 54.7 Å². The summed E-state index contributed by atoms with van der Waals surface area (Å²) in [5, 5.41) is 25.3. The van der Waals surface area contributed by atoms with Gasteiger partial charge in [0.1, 0.15) is 23.2 Å². The number of benzene rings is 2. The molecule has 118 valence electrons. The second-order valence-corrected chi connectivity index (χ2v) is 4.60. The highest BCUT2D eigenvalue weighted by molar-refractivity contribution is 5.74. The van der Waals surface area contributed by atoms with Crippen LogP contribution in [0.4, 0.5) is 10.1 Å². The van der Waals surface area contributed by atoms with E-state index in [9.17, 15) is 4.39 Å². The molecular formula is C16H11FN6O. The number of rotatable bonds is 5. The largest absolute Gasteiger partial charge is 0.455 e. The molecule has 0 atom stereocenters. The van der Waals surface area contributed by atoms with E-state index in [4.69, 9.17) is 10.00 Å². The van der Waals surface area contributed by atoms with Crippen molar-refractivity contribution in [3.63, 3.8) is 0 Å². The third-order valence-electron chi connectivity index (χ3n) is 3.01. The van der Waals surface area contributed by atoms with Crippen molar-refractivity contribution in [3.8, 4) is 17.6 Å². The first kappa shape index (κ1) is 15.2. The van der Waals surface area contributed by atoms with E-state index >= 15 is 0 Å². The van der Waals surface area contributed by atoms with Crippen molar-refractivity contribution < 1.29 is 9.13 Å². The maximum absolute atomic E-state index is 13.0. The van der Waals surface area contributed by atoms with E-state index in [-0.39, 0.29) is 17.2 Å². The van der Waals surface area contributed by atoms with Crippen LogP contribution < -0.4 is 10.1 Å². The summed E-state index contributed by atoms with van der Waals surface area (Å²) in [5.74, 6) is 0.858. The number of tetrazole rings is 1. The smallest absolute Gasteiger partial charge is 0.216 e. The van der Waals surface area contributed by atoms with E-state index in [2.05, 4.69) is 25.9 Å². The second kappa shape index (κ2) is 7.02. The lowest BCUT2D eigenvalue weighted by Gasteiger charge is -2.11. The molecule has 0 radical (unpaired) electrons. The molecule has 3 rings (SSSR count). The van der Waals surface area contributed by atoms with E-state index in [1.807, 2.05) is 12.1 Å². The molecule has 2 N–H and O–H groups in total. The zero-order chi connectivity index (χ0) is 16.8. The van der Waals surface area contributed by atoms with Gasteiger partial charge >= 0.3 is 0 Å². The van der Waals surface area contributed by atoms with Crippen LogP contribution >= 0.6 is 0 Å². The number of nitrogens with one attached hydrogen (secondary N) is 2. The van der Waals surface area contributed by atoms with Gasteiger partial charge in [0, 0.05) is 6.20 Å². The van der Waals surface area contributed by atoms with Gasteiger partial charge in [-0.15, -0.1) is 10.2 Å². The van der Waals surface area contributed by atoms with E-state index in [0.717, 1.165) is 0 Å². The highest BCUT2D eigenvalue weighted by Crippen LogP contribution is 2.29. The lowest BCUT2D eigenvalue weighted by atomic mass is 10.2. The third-order valence-corrected chi connectivity index (χ3v) is 3.01. The van der Waals surface area contributed by atoms with Crippen molar-refractivity contribution in [3.05, 3.63) is 66.4 Å². The van der Waals surface area contributed by atoms with Crippen molar-refractivity contribution in [2.24, 2.45) is 0 Å². The Kier molecular flexibility index (Phi) is 4.44. The molecule has 1 aromatic heterocycles. The third kappa shape index (κ3) is 3.53. The van der Waals surface area contributed by atoms with Gasteiger partial charge in [0.25, 0.3) is 0 Å². The van der Waals surface area contributed by atoms with Gasteiger partial charge in [0.15, 0.2) is 5.75 Å². The van der Waals surface area contributed by atoms with Gasteiger partial charge in [-0.3, -0.25) is 0 Å². The van der Waals surface area contributed by atoms with Gasteiger partial charge in [-0.2, -0.15) is 10.5 Å².